The summed E-state index contributed by atoms with van der Waals surface area (Å²) in [5.41, 5.74) is 0.626. The zero-order chi connectivity index (χ0) is 10.1. The van der Waals surface area contributed by atoms with Crippen molar-refractivity contribution in [3.05, 3.63) is 35.6 Å². The normalized spacial score (nSPS) is 24.6. The number of hydrogen-bond donors (Lipinski definition) is 1. The van der Waals surface area contributed by atoms with Gasteiger partial charge in [0.05, 0.1) is 5.92 Å². The number of carboxylic acids is 1. The fourth-order valence-corrected chi connectivity index (χ4v) is 1.72. The summed E-state index contributed by atoms with van der Waals surface area (Å²) >= 11 is 0. The van der Waals surface area contributed by atoms with Gasteiger partial charge in [0.1, 0.15) is 5.82 Å². The van der Waals surface area contributed by atoms with E-state index in [1.54, 1.807) is 18.2 Å². The van der Waals surface area contributed by atoms with E-state index in [-0.39, 0.29) is 17.7 Å². The van der Waals surface area contributed by atoms with Crippen LogP contribution in [0.25, 0.3) is 0 Å². The first-order chi connectivity index (χ1) is 6.68. The summed E-state index contributed by atoms with van der Waals surface area (Å²) in [6, 6.07) is 6.54. The van der Waals surface area contributed by atoms with Gasteiger partial charge in [-0.2, -0.15) is 0 Å². The van der Waals surface area contributed by atoms with Gasteiger partial charge in [-0.15, -0.1) is 0 Å². The summed E-state index contributed by atoms with van der Waals surface area (Å²) in [7, 11) is 0. The molecule has 2 nitrogen and oxygen atoms in total. The molecule has 0 spiro atoms. The first-order valence-corrected chi connectivity index (χ1v) is 4.64. The van der Waals surface area contributed by atoms with Gasteiger partial charge in [0.2, 0.25) is 0 Å². The second kappa shape index (κ2) is 3.40. The molecule has 74 valence electrons. The monoisotopic (exact) mass is 194 g/mol. The Morgan fingerprint density at radius 1 is 1.50 bits per heavy atom. The summed E-state index contributed by atoms with van der Waals surface area (Å²) in [5, 5.41) is 8.68. The molecule has 2 rings (SSSR count). The maximum atomic E-state index is 13.2. The maximum Gasteiger partial charge on any atom is 0.306 e. The molecule has 1 aromatic rings. The van der Waals surface area contributed by atoms with E-state index in [1.807, 2.05) is 0 Å². The number of hydrogen-bond acceptors (Lipinski definition) is 1. The number of carbonyl (C=O) groups is 1. The summed E-state index contributed by atoms with van der Waals surface area (Å²) in [6.45, 7) is 0. The SMILES string of the molecule is O=C(O)C1CC1Cc1ccccc1F. The van der Waals surface area contributed by atoms with Crippen LogP contribution in [0.15, 0.2) is 24.3 Å². The van der Waals surface area contributed by atoms with Gasteiger partial charge >= 0.3 is 5.97 Å². The van der Waals surface area contributed by atoms with Gasteiger partial charge in [-0.25, -0.2) is 4.39 Å². The highest BCUT2D eigenvalue weighted by Crippen LogP contribution is 2.41. The van der Waals surface area contributed by atoms with Crippen molar-refractivity contribution in [2.24, 2.45) is 11.8 Å². The summed E-state index contributed by atoms with van der Waals surface area (Å²) in [6.07, 6.45) is 1.23. The first kappa shape index (κ1) is 9.19. The Balaban J connectivity index is 2.00. The van der Waals surface area contributed by atoms with Crippen LogP contribution in [0, 0.1) is 17.7 Å². The van der Waals surface area contributed by atoms with E-state index in [4.69, 9.17) is 5.11 Å². The van der Waals surface area contributed by atoms with Gasteiger partial charge in [-0.05, 0) is 30.4 Å². The van der Waals surface area contributed by atoms with Crippen LogP contribution in [-0.4, -0.2) is 11.1 Å². The number of aliphatic carboxylic acids is 1. The Kier molecular flexibility index (Phi) is 2.23. The molecule has 0 radical (unpaired) electrons. The van der Waals surface area contributed by atoms with Crippen LogP contribution in [0.5, 0.6) is 0 Å². The third kappa shape index (κ3) is 1.76. The van der Waals surface area contributed by atoms with Gasteiger partial charge in [-0.1, -0.05) is 18.2 Å². The average molecular weight is 194 g/mol. The van der Waals surface area contributed by atoms with Gasteiger partial charge in [0.15, 0.2) is 0 Å². The molecule has 1 fully saturated rings. The molecule has 3 heteroatoms. The predicted molar refractivity (Wildman–Crippen MR) is 49.3 cm³/mol. The minimum Gasteiger partial charge on any atom is -0.481 e. The lowest BCUT2D eigenvalue weighted by Gasteiger charge is -2.00. The van der Waals surface area contributed by atoms with Crippen molar-refractivity contribution in [3.63, 3.8) is 0 Å². The Labute approximate surface area is 81.4 Å². The molecule has 1 aliphatic rings. The molecular formula is C11H11FO2. The smallest absolute Gasteiger partial charge is 0.306 e. The minimum atomic E-state index is -0.758. The largest absolute Gasteiger partial charge is 0.481 e. The molecule has 0 saturated heterocycles. The molecule has 0 aromatic heterocycles. The van der Waals surface area contributed by atoms with Gasteiger partial charge in [0.25, 0.3) is 0 Å². The molecular weight excluding hydrogens is 183 g/mol. The van der Waals surface area contributed by atoms with Crippen LogP contribution in [0.2, 0.25) is 0 Å². The number of rotatable bonds is 3. The molecule has 1 saturated carbocycles. The lowest BCUT2D eigenvalue weighted by molar-refractivity contribution is -0.138. The van der Waals surface area contributed by atoms with Gasteiger partial charge in [0, 0.05) is 0 Å². The highest BCUT2D eigenvalue weighted by Gasteiger charge is 2.43. The van der Waals surface area contributed by atoms with Crippen molar-refractivity contribution in [1.82, 2.24) is 0 Å². The van der Waals surface area contributed by atoms with Crippen LogP contribution in [-0.2, 0) is 11.2 Å². The van der Waals surface area contributed by atoms with E-state index < -0.39 is 5.97 Å². The lowest BCUT2D eigenvalue weighted by atomic mass is 10.1. The van der Waals surface area contributed by atoms with E-state index in [0.29, 0.717) is 18.4 Å². The van der Waals surface area contributed by atoms with Crippen molar-refractivity contribution in [2.45, 2.75) is 12.8 Å². The van der Waals surface area contributed by atoms with Crippen LogP contribution in [0.1, 0.15) is 12.0 Å². The lowest BCUT2D eigenvalue weighted by Crippen LogP contribution is -2.01. The Morgan fingerprint density at radius 3 is 2.79 bits per heavy atom. The van der Waals surface area contributed by atoms with Crippen molar-refractivity contribution >= 4 is 5.97 Å². The van der Waals surface area contributed by atoms with Gasteiger partial charge < -0.3 is 5.11 Å². The average Bonchev–Trinajstić information content (AvgIpc) is 2.88. The van der Waals surface area contributed by atoms with Crippen molar-refractivity contribution < 1.29 is 14.3 Å². The molecule has 0 heterocycles. The first-order valence-electron chi connectivity index (χ1n) is 4.64. The topological polar surface area (TPSA) is 37.3 Å². The molecule has 0 amide bonds. The Bertz CT molecular complexity index is 362. The second-order valence-corrected chi connectivity index (χ2v) is 3.74. The number of carboxylic acid groups (broad SMARTS) is 1. The van der Waals surface area contributed by atoms with E-state index in [2.05, 4.69) is 0 Å². The van der Waals surface area contributed by atoms with Crippen molar-refractivity contribution in [2.75, 3.05) is 0 Å². The fraction of sp³-hybridized carbons (Fsp3) is 0.364. The second-order valence-electron chi connectivity index (χ2n) is 3.74. The summed E-state index contributed by atoms with van der Waals surface area (Å²) < 4.78 is 13.2. The van der Waals surface area contributed by atoms with Crippen LogP contribution in [0.3, 0.4) is 0 Å². The molecule has 0 aliphatic heterocycles. The van der Waals surface area contributed by atoms with Crippen molar-refractivity contribution in [1.29, 1.82) is 0 Å². The van der Waals surface area contributed by atoms with Crippen LogP contribution < -0.4 is 0 Å². The zero-order valence-electron chi connectivity index (χ0n) is 7.61. The quantitative estimate of drug-likeness (QED) is 0.799. The number of halogens is 1. The molecule has 2 unspecified atom stereocenters. The Hall–Kier alpha value is -1.38. The third-order valence-electron chi connectivity index (χ3n) is 2.68. The van der Waals surface area contributed by atoms with Crippen LogP contribution >= 0.6 is 0 Å². The molecule has 1 N–H and O–H groups in total. The van der Waals surface area contributed by atoms with E-state index >= 15 is 0 Å². The number of benzene rings is 1. The minimum absolute atomic E-state index is 0.129. The highest BCUT2D eigenvalue weighted by atomic mass is 19.1. The molecule has 14 heavy (non-hydrogen) atoms. The van der Waals surface area contributed by atoms with Crippen LogP contribution in [0.4, 0.5) is 4.39 Å². The van der Waals surface area contributed by atoms with Crippen molar-refractivity contribution in [3.8, 4) is 0 Å². The molecule has 2 atom stereocenters. The highest BCUT2D eigenvalue weighted by molar-refractivity contribution is 5.73. The predicted octanol–water partition coefficient (Wildman–Crippen LogP) is 2.09. The molecule has 0 bridgehead atoms. The summed E-state index contributed by atoms with van der Waals surface area (Å²) in [4.78, 5) is 10.6. The van der Waals surface area contributed by atoms with Gasteiger partial charge in [-0.3, -0.25) is 4.79 Å². The fourth-order valence-electron chi connectivity index (χ4n) is 1.72. The zero-order valence-corrected chi connectivity index (χ0v) is 7.61. The van der Waals surface area contributed by atoms with E-state index in [1.165, 1.54) is 6.07 Å². The Morgan fingerprint density at radius 2 is 2.21 bits per heavy atom. The maximum absolute atomic E-state index is 13.2. The van der Waals surface area contributed by atoms with E-state index in [9.17, 15) is 9.18 Å². The third-order valence-corrected chi connectivity index (χ3v) is 2.68. The summed E-state index contributed by atoms with van der Waals surface area (Å²) in [5.74, 6) is -1.12. The molecule has 1 aromatic carbocycles. The molecule has 1 aliphatic carbocycles. The van der Waals surface area contributed by atoms with E-state index in [0.717, 1.165) is 0 Å². The standard InChI is InChI=1S/C11H11FO2/c12-10-4-2-1-3-7(10)5-8-6-9(8)11(13)14/h1-4,8-9H,5-6H2,(H,13,14).